The second-order valence-electron chi connectivity index (χ2n) is 8.66. The first-order valence-electron chi connectivity index (χ1n) is 11.4. The molecule has 2 aliphatic rings. The molecule has 1 aliphatic carbocycles. The van der Waals surface area contributed by atoms with Crippen molar-refractivity contribution in [1.29, 1.82) is 0 Å². The highest BCUT2D eigenvalue weighted by atomic mass is 16.5. The van der Waals surface area contributed by atoms with Gasteiger partial charge in [-0.1, -0.05) is 6.07 Å². The van der Waals surface area contributed by atoms with Crippen molar-refractivity contribution in [3.05, 3.63) is 70.2 Å². The van der Waals surface area contributed by atoms with Gasteiger partial charge in [0.1, 0.15) is 0 Å². The predicted molar refractivity (Wildman–Crippen MR) is 129 cm³/mol. The number of aromatic amines is 1. The second-order valence-corrected chi connectivity index (χ2v) is 8.66. The maximum Gasteiger partial charge on any atom is 0.337 e. The molecule has 1 unspecified atom stereocenters. The number of anilines is 1. The fraction of sp³-hybridized carbons (Fsp3) is 0.308. The maximum absolute atomic E-state index is 13.6. The zero-order valence-corrected chi connectivity index (χ0v) is 20.0. The van der Waals surface area contributed by atoms with Crippen molar-refractivity contribution in [1.82, 2.24) is 5.32 Å². The Morgan fingerprint density at radius 1 is 1.17 bits per heavy atom. The van der Waals surface area contributed by atoms with E-state index in [2.05, 4.69) is 15.6 Å². The summed E-state index contributed by atoms with van der Waals surface area (Å²) >= 11 is 0. The van der Waals surface area contributed by atoms with Crippen LogP contribution in [-0.2, 0) is 14.4 Å². The highest BCUT2D eigenvalue weighted by Gasteiger charge is 2.40. The number of methoxy groups -OCH3 is 1. The molecule has 9 nitrogen and oxygen atoms in total. The number of H-pyrrole nitrogens is 1. The number of carbonyl (C=O) groups is 3. The Kier molecular flexibility index (Phi) is 6.86. The van der Waals surface area contributed by atoms with Crippen LogP contribution in [0.1, 0.15) is 43.2 Å². The van der Waals surface area contributed by atoms with E-state index in [9.17, 15) is 14.4 Å². The molecular weight excluding hydrogens is 448 g/mol. The summed E-state index contributed by atoms with van der Waals surface area (Å²) in [4.78, 5) is 40.9. The summed E-state index contributed by atoms with van der Waals surface area (Å²) in [6, 6.07) is 8.91. The van der Waals surface area contributed by atoms with Crippen molar-refractivity contribution in [2.24, 2.45) is 5.73 Å². The van der Waals surface area contributed by atoms with E-state index in [0.29, 0.717) is 46.1 Å². The second kappa shape index (κ2) is 10.0. The summed E-state index contributed by atoms with van der Waals surface area (Å²) in [6.07, 6.45) is 3.66. The molecule has 1 aliphatic heterocycles. The largest absolute Gasteiger partial charge is 0.493 e. The summed E-state index contributed by atoms with van der Waals surface area (Å²) in [7, 11) is 1.48. The Bertz CT molecular complexity index is 1260. The lowest BCUT2D eigenvalue weighted by Gasteiger charge is -2.34. The lowest BCUT2D eigenvalue weighted by molar-refractivity contribution is -0.360. The van der Waals surface area contributed by atoms with Crippen LogP contribution in [0.5, 0.6) is 11.5 Å². The van der Waals surface area contributed by atoms with Gasteiger partial charge >= 0.3 is 5.91 Å². The molecular formula is C26H29N4O5+. The van der Waals surface area contributed by atoms with Crippen LogP contribution in [-0.4, -0.2) is 31.3 Å². The van der Waals surface area contributed by atoms with Crippen molar-refractivity contribution >= 4 is 23.4 Å². The molecule has 0 saturated carbocycles. The smallest absolute Gasteiger partial charge is 0.337 e. The fourth-order valence-electron chi connectivity index (χ4n) is 4.59. The number of ketones is 1. The normalized spacial score (nSPS) is 17.5. The number of nitrogens with two attached hydrogens (primary N) is 1. The minimum Gasteiger partial charge on any atom is -0.493 e. The molecule has 0 fully saturated rings. The van der Waals surface area contributed by atoms with Crippen molar-refractivity contribution < 1.29 is 28.8 Å². The number of dihydropyridines is 1. The molecule has 35 heavy (non-hydrogen) atoms. The lowest BCUT2D eigenvalue weighted by Crippen LogP contribution is -2.36. The molecule has 1 aromatic carbocycles. The van der Waals surface area contributed by atoms with Crippen molar-refractivity contribution in [2.75, 3.05) is 19.0 Å². The topological polar surface area (TPSA) is 134 Å². The van der Waals surface area contributed by atoms with E-state index >= 15 is 0 Å². The Labute approximate surface area is 203 Å². The average molecular weight is 478 g/mol. The standard InChI is InChI=1S/C26H28N4O5/c1-14-9-10-28-22(11-14)30-26(33)23-15(2)29-17-5-4-6-18(31)25(17)24(23)16-7-8-19(20(12-16)34-3)35-13-21(27)32/h7-12,24,29H,4-6,13H2,1-3H3,(H2,27,32)(H,28,30,33)/p+1. The van der Waals surface area contributed by atoms with Gasteiger partial charge in [-0.15, -0.1) is 0 Å². The summed E-state index contributed by atoms with van der Waals surface area (Å²) in [6.45, 7) is 3.48. The van der Waals surface area contributed by atoms with Crippen LogP contribution in [0.3, 0.4) is 0 Å². The monoisotopic (exact) mass is 477 g/mol. The van der Waals surface area contributed by atoms with E-state index in [4.69, 9.17) is 15.2 Å². The first kappa shape index (κ1) is 24.0. The number of pyridine rings is 1. The minimum absolute atomic E-state index is 0.0108. The average Bonchev–Trinajstić information content (AvgIpc) is 2.81. The van der Waals surface area contributed by atoms with Crippen LogP contribution >= 0.6 is 0 Å². The Morgan fingerprint density at radius 3 is 2.69 bits per heavy atom. The van der Waals surface area contributed by atoms with Gasteiger partial charge in [-0.25, -0.2) is 15.1 Å². The molecule has 1 aromatic heterocycles. The van der Waals surface area contributed by atoms with E-state index in [1.54, 1.807) is 24.4 Å². The number of rotatable bonds is 7. The van der Waals surface area contributed by atoms with Gasteiger partial charge in [-0.3, -0.25) is 9.59 Å². The van der Waals surface area contributed by atoms with E-state index < -0.39 is 11.8 Å². The summed E-state index contributed by atoms with van der Waals surface area (Å²) in [5.74, 6) is -0.245. The van der Waals surface area contributed by atoms with E-state index in [1.807, 2.05) is 26.0 Å². The van der Waals surface area contributed by atoms with Gasteiger partial charge in [0.2, 0.25) is 0 Å². The van der Waals surface area contributed by atoms with Crippen LogP contribution < -0.4 is 30.8 Å². The third-order valence-electron chi connectivity index (χ3n) is 6.12. The molecule has 0 spiro atoms. The fourth-order valence-corrected chi connectivity index (χ4v) is 4.59. The predicted octanol–water partition coefficient (Wildman–Crippen LogP) is 2.29. The van der Waals surface area contributed by atoms with E-state index in [1.165, 1.54) is 7.11 Å². The third kappa shape index (κ3) is 5.03. The van der Waals surface area contributed by atoms with Gasteiger partial charge in [0.25, 0.3) is 11.7 Å². The van der Waals surface area contributed by atoms with Crippen molar-refractivity contribution in [3.8, 4) is 11.5 Å². The van der Waals surface area contributed by atoms with Gasteiger partial charge in [0, 0.05) is 35.4 Å². The minimum atomic E-state index is -0.609. The van der Waals surface area contributed by atoms with Crippen LogP contribution in [0, 0.1) is 6.92 Å². The third-order valence-corrected chi connectivity index (χ3v) is 6.12. The number of aromatic nitrogens is 1. The van der Waals surface area contributed by atoms with Crippen molar-refractivity contribution in [3.63, 3.8) is 0 Å². The summed E-state index contributed by atoms with van der Waals surface area (Å²) in [5, 5.41) is 6.24. The molecule has 4 rings (SSSR count). The zero-order valence-electron chi connectivity index (χ0n) is 20.0. The van der Waals surface area contributed by atoms with E-state index in [0.717, 1.165) is 24.1 Å². The number of allylic oxidation sites excluding steroid dienone is 3. The first-order chi connectivity index (χ1) is 16.8. The molecule has 1 atom stereocenters. The molecule has 5 N–H and O–H groups in total. The quantitative estimate of drug-likeness (QED) is 0.560. The lowest BCUT2D eigenvalue weighted by atomic mass is 9.75. The van der Waals surface area contributed by atoms with Gasteiger partial charge in [0.15, 0.2) is 23.9 Å². The van der Waals surface area contributed by atoms with Crippen molar-refractivity contribution in [2.45, 2.75) is 39.0 Å². The summed E-state index contributed by atoms with van der Waals surface area (Å²) < 4.78 is 10.9. The Morgan fingerprint density at radius 2 is 1.97 bits per heavy atom. The number of nitrogens with one attached hydrogen (secondary N) is 3. The van der Waals surface area contributed by atoms with Gasteiger partial charge in [0.05, 0.1) is 18.9 Å². The van der Waals surface area contributed by atoms with E-state index in [-0.39, 0.29) is 18.3 Å². The number of Topliss-reactive ketones (excluding diaryl/α,β-unsaturated/α-hetero) is 1. The molecule has 2 amide bonds. The number of hydrogen-bond donors (Lipinski definition) is 3. The van der Waals surface area contributed by atoms with Gasteiger partial charge < -0.3 is 20.5 Å². The van der Waals surface area contributed by atoms with Crippen LogP contribution in [0.2, 0.25) is 0 Å². The first-order valence-corrected chi connectivity index (χ1v) is 11.4. The van der Waals surface area contributed by atoms with Crippen LogP contribution in [0.4, 0.5) is 5.82 Å². The molecule has 182 valence electrons. The molecule has 2 aromatic rings. The molecule has 9 heteroatoms. The number of benzene rings is 1. The summed E-state index contributed by atoms with van der Waals surface area (Å²) in [5.41, 5.74) is 9.46. The molecule has 2 heterocycles. The SMILES string of the molecule is COc1cc(C2C(C(=O)Nc3cc(C)cc[nH+]3)=C(C)NC3=C2C(=O)CCC3)ccc1OCC(N)=O. The maximum atomic E-state index is 13.6. The van der Waals surface area contributed by atoms with Gasteiger partial charge in [-0.2, -0.15) is 0 Å². The number of amides is 2. The number of ether oxygens (including phenoxy) is 2. The zero-order chi connectivity index (χ0) is 25.1. The highest BCUT2D eigenvalue weighted by molar-refractivity contribution is 6.09. The molecule has 0 radical (unpaired) electrons. The molecule has 0 saturated heterocycles. The number of aryl methyl sites for hydroxylation is 1. The number of carbonyl (C=O) groups excluding carboxylic acids is 3. The molecule has 0 bridgehead atoms. The van der Waals surface area contributed by atoms with Gasteiger partial charge in [-0.05, 0) is 56.0 Å². The van der Waals surface area contributed by atoms with Crippen LogP contribution in [0.25, 0.3) is 0 Å². The highest BCUT2D eigenvalue weighted by Crippen LogP contribution is 2.44. The Hall–Kier alpha value is -4.14. The number of hydrogen-bond acceptors (Lipinski definition) is 6. The van der Waals surface area contributed by atoms with Crippen LogP contribution in [0.15, 0.2) is 59.1 Å². The Balaban J connectivity index is 1.78. The number of primary amides is 1.